The fourth-order valence-electron chi connectivity index (χ4n) is 1.26. The summed E-state index contributed by atoms with van der Waals surface area (Å²) in [5, 5.41) is 8.52. The Hall–Kier alpha value is -0.680. The zero-order valence-corrected chi connectivity index (χ0v) is 11.5. The minimum atomic E-state index is -3.51. The van der Waals surface area contributed by atoms with Gasteiger partial charge in [-0.25, -0.2) is 0 Å². The minimum absolute atomic E-state index is 0.192. The molecule has 7 heteroatoms. The first kappa shape index (κ1) is 16.3. The van der Waals surface area contributed by atoms with E-state index in [1.165, 1.54) is 11.4 Å². The van der Waals surface area contributed by atoms with Crippen molar-refractivity contribution in [1.29, 1.82) is 5.26 Å². The van der Waals surface area contributed by atoms with E-state index >= 15 is 0 Å². The number of rotatable bonds is 9. The molecule has 0 saturated carbocycles. The monoisotopic (exact) mass is 263 g/mol. The van der Waals surface area contributed by atoms with Crippen LogP contribution in [0.4, 0.5) is 0 Å². The van der Waals surface area contributed by atoms with E-state index in [9.17, 15) is 8.42 Å². The van der Waals surface area contributed by atoms with Gasteiger partial charge in [0.05, 0.1) is 12.7 Å². The summed E-state index contributed by atoms with van der Waals surface area (Å²) in [5.41, 5.74) is 0. The molecule has 0 bridgehead atoms. The number of hydrogen-bond acceptors (Lipinski definition) is 4. The molecule has 0 aliphatic rings. The summed E-state index contributed by atoms with van der Waals surface area (Å²) in [7, 11) is -2.00. The first-order chi connectivity index (χ1) is 7.94. The minimum Gasteiger partial charge on any atom is -0.383 e. The van der Waals surface area contributed by atoms with Gasteiger partial charge in [0.25, 0.3) is 10.2 Å². The second-order valence-corrected chi connectivity index (χ2v) is 5.81. The molecular weight excluding hydrogens is 242 g/mol. The van der Waals surface area contributed by atoms with Gasteiger partial charge < -0.3 is 4.74 Å². The zero-order valence-electron chi connectivity index (χ0n) is 10.6. The van der Waals surface area contributed by atoms with E-state index in [0.717, 1.165) is 0 Å². The SMILES string of the molecule is COCCNS(=O)(=O)N(CCC#N)CC(C)C. The number of nitrogens with one attached hydrogen (secondary N) is 1. The van der Waals surface area contributed by atoms with Crippen molar-refractivity contribution in [3.63, 3.8) is 0 Å². The maximum absolute atomic E-state index is 11.9. The molecule has 0 unspecified atom stereocenters. The molecule has 17 heavy (non-hydrogen) atoms. The molecule has 0 heterocycles. The maximum atomic E-state index is 11.9. The van der Waals surface area contributed by atoms with Gasteiger partial charge in [0.15, 0.2) is 0 Å². The lowest BCUT2D eigenvalue weighted by Gasteiger charge is -2.23. The smallest absolute Gasteiger partial charge is 0.279 e. The van der Waals surface area contributed by atoms with Crippen molar-refractivity contribution in [2.24, 2.45) is 5.92 Å². The number of methoxy groups -OCH3 is 1. The molecule has 0 spiro atoms. The third-order valence-corrected chi connectivity index (χ3v) is 3.55. The Morgan fingerprint density at radius 3 is 2.59 bits per heavy atom. The number of nitriles is 1. The van der Waals surface area contributed by atoms with Gasteiger partial charge in [0.2, 0.25) is 0 Å². The molecule has 6 nitrogen and oxygen atoms in total. The van der Waals surface area contributed by atoms with Crippen molar-refractivity contribution in [1.82, 2.24) is 9.03 Å². The van der Waals surface area contributed by atoms with Crippen molar-refractivity contribution in [2.45, 2.75) is 20.3 Å². The molecule has 0 rings (SSSR count). The maximum Gasteiger partial charge on any atom is 0.279 e. The largest absolute Gasteiger partial charge is 0.383 e. The third-order valence-electron chi connectivity index (χ3n) is 1.97. The first-order valence-corrected chi connectivity index (χ1v) is 6.98. The van der Waals surface area contributed by atoms with Crippen LogP contribution in [0, 0.1) is 17.2 Å². The molecular formula is C10H21N3O3S. The van der Waals surface area contributed by atoms with Gasteiger partial charge in [-0.3, -0.25) is 0 Å². The molecule has 0 amide bonds. The molecule has 0 radical (unpaired) electrons. The highest BCUT2D eigenvalue weighted by atomic mass is 32.2. The van der Waals surface area contributed by atoms with Crippen LogP contribution in [0.2, 0.25) is 0 Å². The lowest BCUT2D eigenvalue weighted by atomic mass is 10.2. The van der Waals surface area contributed by atoms with Crippen molar-refractivity contribution >= 4 is 10.2 Å². The highest BCUT2D eigenvalue weighted by Crippen LogP contribution is 2.05. The van der Waals surface area contributed by atoms with Crippen LogP contribution in [0.25, 0.3) is 0 Å². The topological polar surface area (TPSA) is 82.4 Å². The molecule has 0 aliphatic heterocycles. The Kier molecular flexibility index (Phi) is 8.08. The van der Waals surface area contributed by atoms with Crippen LogP contribution in [-0.4, -0.2) is 46.1 Å². The summed E-state index contributed by atoms with van der Waals surface area (Å²) in [5.74, 6) is 0.215. The van der Waals surface area contributed by atoms with E-state index in [-0.39, 0.29) is 25.4 Å². The van der Waals surface area contributed by atoms with Gasteiger partial charge in [-0.2, -0.15) is 22.7 Å². The van der Waals surface area contributed by atoms with Gasteiger partial charge in [0.1, 0.15) is 0 Å². The molecule has 0 atom stereocenters. The number of hydrogen-bond donors (Lipinski definition) is 1. The fraction of sp³-hybridized carbons (Fsp3) is 0.900. The van der Waals surface area contributed by atoms with Gasteiger partial charge in [-0.1, -0.05) is 13.8 Å². The molecule has 1 N–H and O–H groups in total. The van der Waals surface area contributed by atoms with E-state index < -0.39 is 10.2 Å². The predicted molar refractivity (Wildman–Crippen MR) is 65.4 cm³/mol. The normalized spacial score (nSPS) is 12.0. The van der Waals surface area contributed by atoms with Crippen LogP contribution in [0.15, 0.2) is 0 Å². The second kappa shape index (κ2) is 8.42. The van der Waals surface area contributed by atoms with Crippen molar-refractivity contribution < 1.29 is 13.2 Å². The standard InChI is InChI=1S/C10H21N3O3S/c1-10(2)9-13(7-4-5-11)17(14,15)12-6-8-16-3/h10,12H,4,6-9H2,1-3H3. The molecule has 0 aliphatic carbocycles. The predicted octanol–water partition coefficient (Wildman–Crippen LogP) is 0.339. The Bertz CT molecular complexity index is 335. The van der Waals surface area contributed by atoms with Crippen LogP contribution in [-0.2, 0) is 14.9 Å². The fourth-order valence-corrected chi connectivity index (χ4v) is 2.61. The summed E-state index contributed by atoms with van der Waals surface area (Å²) in [4.78, 5) is 0. The molecule has 0 aromatic heterocycles. The van der Waals surface area contributed by atoms with Crippen LogP contribution in [0.3, 0.4) is 0 Å². The quantitative estimate of drug-likeness (QED) is 0.608. The number of nitrogens with zero attached hydrogens (tertiary/aromatic N) is 2. The van der Waals surface area contributed by atoms with Gasteiger partial charge in [0, 0.05) is 33.2 Å². The first-order valence-electron chi connectivity index (χ1n) is 5.54. The van der Waals surface area contributed by atoms with E-state index in [1.807, 2.05) is 19.9 Å². The molecule has 0 aromatic carbocycles. The summed E-state index contributed by atoms with van der Waals surface area (Å²) >= 11 is 0. The van der Waals surface area contributed by atoms with Gasteiger partial charge in [-0.05, 0) is 5.92 Å². The molecule has 100 valence electrons. The van der Waals surface area contributed by atoms with Crippen molar-refractivity contribution in [2.75, 3.05) is 33.4 Å². The molecule has 0 aromatic rings. The zero-order chi connectivity index (χ0) is 13.3. The summed E-state index contributed by atoms with van der Waals surface area (Å²) < 4.78 is 32.3. The van der Waals surface area contributed by atoms with E-state index in [0.29, 0.717) is 13.2 Å². The Morgan fingerprint density at radius 2 is 2.12 bits per heavy atom. The Labute approximate surface area is 104 Å². The summed E-state index contributed by atoms with van der Waals surface area (Å²) in [6.45, 7) is 5.06. The van der Waals surface area contributed by atoms with Crippen LogP contribution < -0.4 is 4.72 Å². The Balaban J connectivity index is 4.48. The van der Waals surface area contributed by atoms with Gasteiger partial charge in [-0.15, -0.1) is 0 Å². The number of ether oxygens (including phenoxy) is 1. The average Bonchev–Trinajstić information content (AvgIpc) is 2.23. The molecule has 0 saturated heterocycles. The lowest BCUT2D eigenvalue weighted by molar-refractivity contribution is 0.203. The van der Waals surface area contributed by atoms with Gasteiger partial charge >= 0.3 is 0 Å². The van der Waals surface area contributed by atoms with Crippen LogP contribution >= 0.6 is 0 Å². The second-order valence-electron chi connectivity index (χ2n) is 4.05. The van der Waals surface area contributed by atoms with E-state index in [2.05, 4.69) is 4.72 Å². The highest BCUT2D eigenvalue weighted by Gasteiger charge is 2.21. The highest BCUT2D eigenvalue weighted by molar-refractivity contribution is 7.87. The lowest BCUT2D eigenvalue weighted by Crippen LogP contribution is -2.44. The van der Waals surface area contributed by atoms with Crippen molar-refractivity contribution in [3.8, 4) is 6.07 Å². The Morgan fingerprint density at radius 1 is 1.47 bits per heavy atom. The van der Waals surface area contributed by atoms with Crippen molar-refractivity contribution in [3.05, 3.63) is 0 Å². The van der Waals surface area contributed by atoms with E-state index in [4.69, 9.17) is 10.00 Å². The summed E-state index contributed by atoms with van der Waals surface area (Å²) in [6.07, 6.45) is 0.192. The third kappa shape index (κ3) is 7.28. The summed E-state index contributed by atoms with van der Waals surface area (Å²) in [6, 6.07) is 1.95. The van der Waals surface area contributed by atoms with Crippen LogP contribution in [0.1, 0.15) is 20.3 Å². The molecule has 0 fully saturated rings. The van der Waals surface area contributed by atoms with Crippen LogP contribution in [0.5, 0.6) is 0 Å². The van der Waals surface area contributed by atoms with E-state index in [1.54, 1.807) is 0 Å². The average molecular weight is 263 g/mol.